The third-order valence-corrected chi connectivity index (χ3v) is 3.64. The van der Waals surface area contributed by atoms with E-state index < -0.39 is 17.4 Å². The van der Waals surface area contributed by atoms with Crippen LogP contribution in [0.3, 0.4) is 0 Å². The van der Waals surface area contributed by atoms with E-state index in [1.807, 2.05) is 24.3 Å². The van der Waals surface area contributed by atoms with Crippen molar-refractivity contribution < 1.29 is 19.8 Å². The smallest absolute Gasteiger partial charge is 0.319 e. The molecular weight excluding hydrogens is 296 g/mol. The monoisotopic (exact) mass is 322 g/mol. The van der Waals surface area contributed by atoms with Gasteiger partial charge in [-0.1, -0.05) is 39.8 Å². The molecule has 4 N–H and O–H groups in total. The van der Waals surface area contributed by atoms with Gasteiger partial charge in [0, 0.05) is 17.6 Å². The zero-order chi connectivity index (χ0) is 17.7. The second-order valence-corrected chi connectivity index (χ2v) is 7.17. The fourth-order valence-electron chi connectivity index (χ4n) is 2.06. The number of carboxylic acids is 1. The Kier molecular flexibility index (Phi) is 6.15. The largest absolute Gasteiger partial charge is 0.481 e. The van der Waals surface area contributed by atoms with Crippen molar-refractivity contribution in [3.63, 3.8) is 0 Å². The van der Waals surface area contributed by atoms with Gasteiger partial charge in [-0.15, -0.1) is 0 Å². The molecule has 2 amide bonds. The Morgan fingerprint density at radius 3 is 2.09 bits per heavy atom. The van der Waals surface area contributed by atoms with Crippen molar-refractivity contribution >= 4 is 17.7 Å². The molecule has 0 aliphatic carbocycles. The highest BCUT2D eigenvalue weighted by Crippen LogP contribution is 2.23. The van der Waals surface area contributed by atoms with Crippen LogP contribution in [0, 0.1) is 5.41 Å². The first-order chi connectivity index (χ1) is 10.6. The number of carboxylic acid groups (broad SMARTS) is 1. The minimum absolute atomic E-state index is 0.0422. The van der Waals surface area contributed by atoms with Crippen molar-refractivity contribution in [2.75, 3.05) is 18.5 Å². The summed E-state index contributed by atoms with van der Waals surface area (Å²) in [6.45, 7) is 7.70. The fourth-order valence-corrected chi connectivity index (χ4v) is 2.06. The number of carbonyl (C=O) groups excluding carboxylic acids is 1. The van der Waals surface area contributed by atoms with Crippen molar-refractivity contribution in [3.05, 3.63) is 29.8 Å². The van der Waals surface area contributed by atoms with E-state index in [4.69, 9.17) is 5.11 Å². The Hall–Kier alpha value is -2.08. The average molecular weight is 322 g/mol. The molecule has 1 atom stereocenters. The van der Waals surface area contributed by atoms with E-state index in [0.29, 0.717) is 5.69 Å². The number of amides is 2. The highest BCUT2D eigenvalue weighted by atomic mass is 16.4. The molecule has 128 valence electrons. The van der Waals surface area contributed by atoms with Crippen molar-refractivity contribution in [2.24, 2.45) is 5.41 Å². The van der Waals surface area contributed by atoms with E-state index in [1.165, 1.54) is 0 Å². The molecule has 0 fully saturated rings. The van der Waals surface area contributed by atoms with E-state index in [0.717, 1.165) is 5.56 Å². The molecule has 0 bridgehead atoms. The molecule has 0 saturated heterocycles. The van der Waals surface area contributed by atoms with Crippen molar-refractivity contribution in [1.29, 1.82) is 0 Å². The molecule has 0 aromatic heterocycles. The number of urea groups is 1. The van der Waals surface area contributed by atoms with Crippen LogP contribution in [0.25, 0.3) is 0 Å². The molecule has 23 heavy (non-hydrogen) atoms. The molecule has 0 aliphatic heterocycles. The average Bonchev–Trinajstić information content (AvgIpc) is 2.44. The second-order valence-electron chi connectivity index (χ2n) is 7.17. The van der Waals surface area contributed by atoms with Crippen LogP contribution in [0.5, 0.6) is 0 Å². The first kappa shape index (κ1) is 19.0. The number of nitrogens with one attached hydrogen (secondary N) is 2. The van der Waals surface area contributed by atoms with Crippen LogP contribution < -0.4 is 10.6 Å². The third kappa shape index (κ3) is 6.28. The van der Waals surface area contributed by atoms with Gasteiger partial charge in [0.15, 0.2) is 0 Å². The highest BCUT2D eigenvalue weighted by Gasteiger charge is 2.27. The number of benzene rings is 1. The molecule has 1 aromatic rings. The van der Waals surface area contributed by atoms with E-state index in [9.17, 15) is 14.7 Å². The number of anilines is 1. The first-order valence-corrected chi connectivity index (χ1v) is 7.54. The van der Waals surface area contributed by atoms with Crippen LogP contribution >= 0.6 is 0 Å². The van der Waals surface area contributed by atoms with Crippen LogP contribution in [0.15, 0.2) is 24.3 Å². The fraction of sp³-hybridized carbons (Fsp3) is 0.529. The summed E-state index contributed by atoms with van der Waals surface area (Å²) < 4.78 is 0. The summed E-state index contributed by atoms with van der Waals surface area (Å²) in [5.74, 6) is -1.01. The molecule has 1 rings (SSSR count). The lowest BCUT2D eigenvalue weighted by Gasteiger charge is -2.25. The Labute approximate surface area is 136 Å². The summed E-state index contributed by atoms with van der Waals surface area (Å²) >= 11 is 0. The van der Waals surface area contributed by atoms with Crippen molar-refractivity contribution in [2.45, 2.75) is 39.5 Å². The zero-order valence-electron chi connectivity index (χ0n) is 14.1. The van der Waals surface area contributed by atoms with Crippen LogP contribution in [0.1, 0.15) is 39.7 Å². The SMILES string of the molecule is CC(CO)(CNC(=O)Nc1ccc(C(C)(C)C)cc1)CC(=O)O. The summed E-state index contributed by atoms with van der Waals surface area (Å²) in [5.41, 5.74) is 0.969. The van der Waals surface area contributed by atoms with Gasteiger partial charge in [0.1, 0.15) is 0 Å². The molecule has 0 aliphatic rings. The maximum absolute atomic E-state index is 11.9. The Bertz CT molecular complexity index is 549. The zero-order valence-corrected chi connectivity index (χ0v) is 14.1. The van der Waals surface area contributed by atoms with E-state index in [1.54, 1.807) is 6.92 Å². The van der Waals surface area contributed by atoms with Gasteiger partial charge in [0.25, 0.3) is 0 Å². The third-order valence-electron chi connectivity index (χ3n) is 3.64. The molecular formula is C17H26N2O4. The molecule has 0 saturated carbocycles. The van der Waals surface area contributed by atoms with Gasteiger partial charge >= 0.3 is 12.0 Å². The molecule has 1 aromatic carbocycles. The van der Waals surface area contributed by atoms with Crippen molar-refractivity contribution in [3.8, 4) is 0 Å². The lowest BCUT2D eigenvalue weighted by Crippen LogP contribution is -2.41. The van der Waals surface area contributed by atoms with Crippen molar-refractivity contribution in [1.82, 2.24) is 5.32 Å². The maximum Gasteiger partial charge on any atom is 0.319 e. The summed E-state index contributed by atoms with van der Waals surface area (Å²) in [5, 5.41) is 23.4. The second kappa shape index (κ2) is 7.46. The van der Waals surface area contributed by atoms with Crippen LogP contribution in [0.4, 0.5) is 10.5 Å². The van der Waals surface area contributed by atoms with Gasteiger partial charge in [-0.3, -0.25) is 4.79 Å². The summed E-state index contributed by atoms with van der Waals surface area (Å²) in [4.78, 5) is 22.7. The molecule has 0 spiro atoms. The topological polar surface area (TPSA) is 98.7 Å². The Morgan fingerprint density at radius 1 is 1.09 bits per heavy atom. The predicted octanol–water partition coefficient (Wildman–Crippen LogP) is 2.58. The van der Waals surface area contributed by atoms with E-state index in [-0.39, 0.29) is 25.0 Å². The summed E-state index contributed by atoms with van der Waals surface area (Å²) in [7, 11) is 0. The van der Waals surface area contributed by atoms with Gasteiger partial charge in [-0.2, -0.15) is 0 Å². The number of aliphatic hydroxyl groups excluding tert-OH is 1. The normalized spacial score (nSPS) is 14.0. The standard InChI is InChI=1S/C17H26N2O4/c1-16(2,3)12-5-7-13(8-6-12)19-15(23)18-10-17(4,11-20)9-14(21)22/h5-8,20H,9-11H2,1-4H3,(H,21,22)(H2,18,19,23). The van der Waals surface area contributed by atoms with Gasteiger partial charge in [0.2, 0.25) is 0 Å². The number of aliphatic carboxylic acids is 1. The Balaban J connectivity index is 2.58. The predicted molar refractivity (Wildman–Crippen MR) is 89.6 cm³/mol. The molecule has 1 unspecified atom stereocenters. The molecule has 0 radical (unpaired) electrons. The quantitative estimate of drug-likeness (QED) is 0.647. The lowest BCUT2D eigenvalue weighted by atomic mass is 9.87. The van der Waals surface area contributed by atoms with E-state index >= 15 is 0 Å². The van der Waals surface area contributed by atoms with Crippen LogP contribution in [0.2, 0.25) is 0 Å². The van der Waals surface area contributed by atoms with Gasteiger partial charge in [-0.05, 0) is 23.1 Å². The number of hydrogen-bond acceptors (Lipinski definition) is 3. The number of carbonyl (C=O) groups is 2. The number of rotatable bonds is 6. The minimum Gasteiger partial charge on any atom is -0.481 e. The summed E-state index contributed by atoms with van der Waals surface area (Å²) in [6, 6.07) is 7.12. The maximum atomic E-state index is 11.9. The van der Waals surface area contributed by atoms with Gasteiger partial charge in [-0.25, -0.2) is 4.79 Å². The summed E-state index contributed by atoms with van der Waals surface area (Å²) in [6.07, 6.45) is -0.218. The first-order valence-electron chi connectivity index (χ1n) is 7.54. The van der Waals surface area contributed by atoms with Crippen LogP contribution in [-0.4, -0.2) is 35.4 Å². The lowest BCUT2D eigenvalue weighted by molar-refractivity contribution is -0.140. The molecule has 0 heterocycles. The molecule has 6 heteroatoms. The molecule has 6 nitrogen and oxygen atoms in total. The van der Waals surface area contributed by atoms with Gasteiger partial charge in [0.05, 0.1) is 13.0 Å². The minimum atomic E-state index is -1.01. The Morgan fingerprint density at radius 2 is 1.65 bits per heavy atom. The highest BCUT2D eigenvalue weighted by molar-refractivity contribution is 5.89. The number of hydrogen-bond donors (Lipinski definition) is 4. The van der Waals surface area contributed by atoms with Crippen LogP contribution in [-0.2, 0) is 10.2 Å². The van der Waals surface area contributed by atoms with Gasteiger partial charge < -0.3 is 20.8 Å². The number of aliphatic hydroxyl groups is 1. The van der Waals surface area contributed by atoms with E-state index in [2.05, 4.69) is 31.4 Å².